The first-order chi connectivity index (χ1) is 6.47. The van der Waals surface area contributed by atoms with E-state index in [9.17, 15) is 23.1 Å². The van der Waals surface area contributed by atoms with E-state index in [4.69, 9.17) is 0 Å². The van der Waals surface area contributed by atoms with Gasteiger partial charge >= 0.3 is 12.1 Å². The molecule has 0 aromatic heterocycles. The predicted octanol–water partition coefficient (Wildman–Crippen LogP) is 1.17. The summed E-state index contributed by atoms with van der Waals surface area (Å²) in [6.07, 6.45) is -4.85. The lowest BCUT2D eigenvalue weighted by atomic mass is 9.71. The molecule has 0 radical (unpaired) electrons. The quantitative estimate of drug-likeness (QED) is 0.672. The largest absolute Gasteiger partial charge is 0.471 e. The monoisotopic (exact) mass is 225 g/mol. The van der Waals surface area contributed by atoms with Crippen molar-refractivity contribution in [3.63, 3.8) is 0 Å². The van der Waals surface area contributed by atoms with Crippen LogP contribution in [0.15, 0.2) is 0 Å². The summed E-state index contributed by atoms with van der Waals surface area (Å²) in [6, 6.07) is 0. The van der Waals surface area contributed by atoms with Crippen molar-refractivity contribution in [1.82, 2.24) is 4.90 Å². The maximum atomic E-state index is 12.0. The molecule has 1 saturated heterocycles. The van der Waals surface area contributed by atoms with E-state index in [-0.39, 0.29) is 13.1 Å². The van der Waals surface area contributed by atoms with Gasteiger partial charge in [-0.15, -0.1) is 0 Å². The molecule has 0 saturated carbocycles. The molecule has 1 amide bonds. The van der Waals surface area contributed by atoms with Crippen molar-refractivity contribution in [3.8, 4) is 0 Å². The molecule has 1 fully saturated rings. The highest BCUT2D eigenvalue weighted by atomic mass is 19.4. The van der Waals surface area contributed by atoms with Gasteiger partial charge in [-0.3, -0.25) is 4.79 Å². The summed E-state index contributed by atoms with van der Waals surface area (Å²) in [6.45, 7) is 4.66. The minimum Gasteiger partial charge on any atom is -0.386 e. The predicted molar refractivity (Wildman–Crippen MR) is 47.0 cm³/mol. The Kier molecular flexibility index (Phi) is 2.54. The highest BCUT2D eigenvalue weighted by Gasteiger charge is 2.56. The molecule has 15 heavy (non-hydrogen) atoms. The zero-order valence-electron chi connectivity index (χ0n) is 8.85. The molecule has 0 aromatic rings. The molecule has 1 rings (SSSR count). The average Bonchev–Trinajstić information content (AvgIpc) is 1.93. The molecule has 6 heteroatoms. The van der Waals surface area contributed by atoms with Crippen LogP contribution in [0.2, 0.25) is 0 Å². The van der Waals surface area contributed by atoms with Gasteiger partial charge in [0.15, 0.2) is 0 Å². The second-order valence-corrected chi connectivity index (χ2v) is 4.94. The van der Waals surface area contributed by atoms with Crippen molar-refractivity contribution in [3.05, 3.63) is 0 Å². The van der Waals surface area contributed by atoms with Gasteiger partial charge in [0.05, 0.1) is 13.1 Å². The molecular weight excluding hydrogens is 211 g/mol. The van der Waals surface area contributed by atoms with Crippen LogP contribution in [0.5, 0.6) is 0 Å². The van der Waals surface area contributed by atoms with Crippen molar-refractivity contribution in [2.24, 2.45) is 5.41 Å². The molecule has 0 aromatic carbocycles. The van der Waals surface area contributed by atoms with Gasteiger partial charge in [-0.25, -0.2) is 0 Å². The van der Waals surface area contributed by atoms with Gasteiger partial charge in [0.2, 0.25) is 0 Å². The zero-order chi connectivity index (χ0) is 12.1. The number of carbonyl (C=O) groups excluding carboxylic acids is 1. The van der Waals surface area contributed by atoms with E-state index in [0.717, 1.165) is 0 Å². The summed E-state index contributed by atoms with van der Waals surface area (Å²) < 4.78 is 36.0. The Morgan fingerprint density at radius 2 is 1.67 bits per heavy atom. The van der Waals surface area contributed by atoms with Crippen LogP contribution in [0.3, 0.4) is 0 Å². The van der Waals surface area contributed by atoms with E-state index in [0.29, 0.717) is 4.90 Å². The third kappa shape index (κ3) is 2.09. The van der Waals surface area contributed by atoms with Crippen LogP contribution in [-0.4, -0.2) is 40.8 Å². The highest BCUT2D eigenvalue weighted by Crippen LogP contribution is 2.39. The molecule has 3 nitrogen and oxygen atoms in total. The van der Waals surface area contributed by atoms with Crippen LogP contribution < -0.4 is 0 Å². The first-order valence-electron chi connectivity index (χ1n) is 4.56. The summed E-state index contributed by atoms with van der Waals surface area (Å²) in [7, 11) is 0. The smallest absolute Gasteiger partial charge is 0.386 e. The van der Waals surface area contributed by atoms with Crippen LogP contribution >= 0.6 is 0 Å². The van der Waals surface area contributed by atoms with Crippen LogP contribution in [0.1, 0.15) is 20.8 Å². The minimum absolute atomic E-state index is 0.255. The van der Waals surface area contributed by atoms with Gasteiger partial charge in [-0.1, -0.05) is 20.8 Å². The Bertz CT molecular complexity index is 274. The molecule has 1 aliphatic rings. The van der Waals surface area contributed by atoms with E-state index in [1.807, 2.05) is 0 Å². The fraction of sp³-hybridized carbons (Fsp3) is 0.889. The third-order valence-corrected chi connectivity index (χ3v) is 2.83. The van der Waals surface area contributed by atoms with Crippen LogP contribution in [-0.2, 0) is 4.79 Å². The first kappa shape index (κ1) is 12.3. The number of carbonyl (C=O) groups is 1. The Labute approximate surface area is 85.9 Å². The molecule has 88 valence electrons. The SMILES string of the molecule is CC(C)(C)C1(O)CN(C(=O)C(F)(F)F)C1. The molecule has 1 heterocycles. The van der Waals surface area contributed by atoms with E-state index in [2.05, 4.69) is 0 Å². The van der Waals surface area contributed by atoms with Crippen molar-refractivity contribution in [2.75, 3.05) is 13.1 Å². The topological polar surface area (TPSA) is 40.5 Å². The number of alkyl halides is 3. The molecular formula is C9H14F3NO2. The summed E-state index contributed by atoms with van der Waals surface area (Å²) in [5, 5.41) is 9.87. The Balaban J connectivity index is 2.62. The van der Waals surface area contributed by atoms with Crippen LogP contribution in [0, 0.1) is 5.41 Å². The zero-order valence-corrected chi connectivity index (χ0v) is 8.85. The number of likely N-dealkylation sites (tertiary alicyclic amines) is 1. The second kappa shape index (κ2) is 3.10. The van der Waals surface area contributed by atoms with Gasteiger partial charge < -0.3 is 10.0 Å². The molecule has 0 atom stereocenters. The number of aliphatic hydroxyl groups is 1. The molecule has 1 N–H and O–H groups in total. The summed E-state index contributed by atoms with van der Waals surface area (Å²) in [5.74, 6) is -1.88. The Morgan fingerprint density at radius 1 is 1.27 bits per heavy atom. The number of hydrogen-bond donors (Lipinski definition) is 1. The normalized spacial score (nSPS) is 21.1. The van der Waals surface area contributed by atoms with Gasteiger partial charge in [0.1, 0.15) is 5.60 Å². The molecule has 0 unspecified atom stereocenters. The van der Waals surface area contributed by atoms with Gasteiger partial charge in [0.25, 0.3) is 0 Å². The molecule has 0 spiro atoms. The maximum Gasteiger partial charge on any atom is 0.471 e. The lowest BCUT2D eigenvalue weighted by Crippen LogP contribution is -2.70. The van der Waals surface area contributed by atoms with E-state index in [1.54, 1.807) is 20.8 Å². The molecule has 0 aliphatic carbocycles. The lowest BCUT2D eigenvalue weighted by molar-refractivity contribution is -0.215. The minimum atomic E-state index is -4.85. The molecule has 1 aliphatic heterocycles. The van der Waals surface area contributed by atoms with E-state index < -0.39 is 23.1 Å². The summed E-state index contributed by atoms with van der Waals surface area (Å²) in [5.41, 5.74) is -1.75. The second-order valence-electron chi connectivity index (χ2n) is 4.94. The van der Waals surface area contributed by atoms with Crippen molar-refractivity contribution < 1.29 is 23.1 Å². The van der Waals surface area contributed by atoms with Gasteiger partial charge in [0, 0.05) is 0 Å². The first-order valence-corrected chi connectivity index (χ1v) is 4.56. The van der Waals surface area contributed by atoms with Gasteiger partial charge in [-0.05, 0) is 5.41 Å². The summed E-state index contributed by atoms with van der Waals surface area (Å²) >= 11 is 0. The number of amides is 1. The number of β-amino-alcohol motifs (C(OH)–C–C–N with tert-alkyl or cyclic N) is 1. The van der Waals surface area contributed by atoms with Crippen molar-refractivity contribution in [1.29, 1.82) is 0 Å². The van der Waals surface area contributed by atoms with Crippen molar-refractivity contribution >= 4 is 5.91 Å². The highest BCUT2D eigenvalue weighted by molar-refractivity contribution is 5.83. The Hall–Kier alpha value is -0.780. The number of nitrogens with zero attached hydrogens (tertiary/aromatic N) is 1. The number of hydrogen-bond acceptors (Lipinski definition) is 2. The fourth-order valence-corrected chi connectivity index (χ4v) is 1.38. The fourth-order valence-electron chi connectivity index (χ4n) is 1.38. The van der Waals surface area contributed by atoms with Gasteiger partial charge in [-0.2, -0.15) is 13.2 Å². The number of rotatable bonds is 0. The third-order valence-electron chi connectivity index (χ3n) is 2.83. The maximum absolute atomic E-state index is 12.0. The van der Waals surface area contributed by atoms with Crippen LogP contribution in [0.4, 0.5) is 13.2 Å². The Morgan fingerprint density at radius 3 is 1.93 bits per heavy atom. The van der Waals surface area contributed by atoms with Crippen molar-refractivity contribution in [2.45, 2.75) is 32.5 Å². The number of halogens is 3. The molecule has 0 bridgehead atoms. The van der Waals surface area contributed by atoms with Crippen LogP contribution in [0.25, 0.3) is 0 Å². The standard InChI is InChI=1S/C9H14F3NO2/c1-7(2,3)8(15)4-13(5-8)6(14)9(10,11)12/h15H,4-5H2,1-3H3. The average molecular weight is 225 g/mol. The van der Waals surface area contributed by atoms with E-state index in [1.165, 1.54) is 0 Å². The lowest BCUT2D eigenvalue weighted by Gasteiger charge is -2.53. The van der Waals surface area contributed by atoms with E-state index >= 15 is 0 Å². The summed E-state index contributed by atoms with van der Waals surface area (Å²) in [4.78, 5) is 11.4.